The summed E-state index contributed by atoms with van der Waals surface area (Å²) >= 11 is 4.21. The quantitative estimate of drug-likeness (QED) is 0.670. The van der Waals surface area contributed by atoms with Crippen molar-refractivity contribution in [2.75, 3.05) is 12.4 Å². The third-order valence-electron chi connectivity index (χ3n) is 2.80. The molecule has 72 valence electrons. The van der Waals surface area contributed by atoms with Crippen molar-refractivity contribution in [2.45, 2.75) is 39.2 Å². The van der Waals surface area contributed by atoms with Crippen LogP contribution in [0.5, 0.6) is 0 Å². The Balaban J connectivity index is 2.20. The Morgan fingerprint density at radius 1 is 1.42 bits per heavy atom. The molecular weight excluding hydrogens is 168 g/mol. The molecular formula is C10H20OS. The normalized spacial score (nSPS) is 31.0. The highest BCUT2D eigenvalue weighted by atomic mass is 32.1. The van der Waals surface area contributed by atoms with E-state index >= 15 is 0 Å². The monoisotopic (exact) mass is 188 g/mol. The molecule has 0 bridgehead atoms. The van der Waals surface area contributed by atoms with Crippen LogP contribution in [0, 0.1) is 11.8 Å². The van der Waals surface area contributed by atoms with Crippen LogP contribution in [0.1, 0.15) is 33.1 Å². The Kier molecular flexibility index (Phi) is 4.44. The Hall–Kier alpha value is 0.310. The first-order valence-corrected chi connectivity index (χ1v) is 5.59. The van der Waals surface area contributed by atoms with E-state index in [1.165, 1.54) is 12.8 Å². The van der Waals surface area contributed by atoms with E-state index in [1.54, 1.807) is 0 Å². The molecule has 2 heteroatoms. The number of thiol groups is 1. The Morgan fingerprint density at radius 2 is 2.17 bits per heavy atom. The van der Waals surface area contributed by atoms with Crippen molar-refractivity contribution in [3.63, 3.8) is 0 Å². The van der Waals surface area contributed by atoms with E-state index in [9.17, 15) is 0 Å². The summed E-state index contributed by atoms with van der Waals surface area (Å²) in [6.07, 6.45) is 4.20. The third-order valence-corrected chi connectivity index (χ3v) is 3.06. The highest BCUT2D eigenvalue weighted by molar-refractivity contribution is 7.80. The van der Waals surface area contributed by atoms with Crippen LogP contribution in [0.4, 0.5) is 0 Å². The molecule has 0 amide bonds. The van der Waals surface area contributed by atoms with Gasteiger partial charge >= 0.3 is 0 Å². The second-order valence-electron chi connectivity index (χ2n) is 4.05. The van der Waals surface area contributed by atoms with E-state index < -0.39 is 0 Å². The first-order chi connectivity index (χ1) is 5.74. The second-order valence-corrected chi connectivity index (χ2v) is 4.50. The summed E-state index contributed by atoms with van der Waals surface area (Å²) in [6.45, 7) is 5.54. The van der Waals surface area contributed by atoms with Crippen molar-refractivity contribution in [1.82, 2.24) is 0 Å². The summed E-state index contributed by atoms with van der Waals surface area (Å²) < 4.78 is 5.74. The van der Waals surface area contributed by atoms with E-state index in [0.717, 1.165) is 30.6 Å². The first kappa shape index (κ1) is 10.4. The van der Waals surface area contributed by atoms with Gasteiger partial charge in [-0.3, -0.25) is 0 Å². The summed E-state index contributed by atoms with van der Waals surface area (Å²) in [4.78, 5) is 0. The van der Waals surface area contributed by atoms with Gasteiger partial charge in [-0.05, 0) is 36.9 Å². The minimum absolute atomic E-state index is 0.498. The van der Waals surface area contributed by atoms with Crippen LogP contribution in [0.15, 0.2) is 0 Å². The lowest BCUT2D eigenvalue weighted by Crippen LogP contribution is -2.28. The second kappa shape index (κ2) is 5.13. The van der Waals surface area contributed by atoms with E-state index in [-0.39, 0.29) is 0 Å². The smallest absolute Gasteiger partial charge is 0.0583 e. The van der Waals surface area contributed by atoms with Gasteiger partial charge < -0.3 is 4.74 Å². The molecule has 0 N–H and O–H groups in total. The van der Waals surface area contributed by atoms with Gasteiger partial charge in [-0.25, -0.2) is 0 Å². The summed E-state index contributed by atoms with van der Waals surface area (Å²) in [5.74, 6) is 2.53. The molecule has 0 aromatic rings. The van der Waals surface area contributed by atoms with E-state index in [1.807, 2.05) is 0 Å². The predicted octanol–water partition coefficient (Wildman–Crippen LogP) is 2.76. The lowest BCUT2D eigenvalue weighted by Gasteiger charge is -2.31. The molecule has 2 unspecified atom stereocenters. The van der Waals surface area contributed by atoms with Gasteiger partial charge in [0.25, 0.3) is 0 Å². The fourth-order valence-corrected chi connectivity index (χ4v) is 2.01. The fraction of sp³-hybridized carbons (Fsp3) is 1.00. The highest BCUT2D eigenvalue weighted by Gasteiger charge is 2.22. The number of hydrogen-bond acceptors (Lipinski definition) is 2. The van der Waals surface area contributed by atoms with Crippen molar-refractivity contribution in [3.05, 3.63) is 0 Å². The molecule has 1 heterocycles. The molecule has 1 fully saturated rings. The molecule has 0 aromatic carbocycles. The van der Waals surface area contributed by atoms with Gasteiger partial charge in [-0.1, -0.05) is 13.8 Å². The van der Waals surface area contributed by atoms with Crippen molar-refractivity contribution < 1.29 is 4.74 Å². The van der Waals surface area contributed by atoms with Crippen LogP contribution >= 0.6 is 12.6 Å². The molecule has 0 spiro atoms. The molecule has 1 rings (SSSR count). The van der Waals surface area contributed by atoms with Crippen molar-refractivity contribution in [1.29, 1.82) is 0 Å². The maximum Gasteiger partial charge on any atom is 0.0583 e. The van der Waals surface area contributed by atoms with Gasteiger partial charge in [0.15, 0.2) is 0 Å². The Labute approximate surface area is 81.3 Å². The van der Waals surface area contributed by atoms with Crippen LogP contribution in [0.3, 0.4) is 0 Å². The largest absolute Gasteiger partial charge is 0.378 e. The van der Waals surface area contributed by atoms with Crippen LogP contribution < -0.4 is 0 Å². The summed E-state index contributed by atoms with van der Waals surface area (Å²) in [5.41, 5.74) is 0. The molecule has 1 nitrogen and oxygen atoms in total. The lowest BCUT2D eigenvalue weighted by molar-refractivity contribution is -0.0283. The molecule has 1 aliphatic rings. The summed E-state index contributed by atoms with van der Waals surface area (Å²) in [5, 5.41) is 0. The van der Waals surface area contributed by atoms with Crippen LogP contribution in [0.2, 0.25) is 0 Å². The molecule has 0 aromatic heterocycles. The zero-order valence-electron chi connectivity index (χ0n) is 8.12. The molecule has 2 atom stereocenters. The van der Waals surface area contributed by atoms with Gasteiger partial charge in [-0.15, -0.1) is 0 Å². The molecule has 1 aliphatic heterocycles. The number of hydrogen-bond donors (Lipinski definition) is 1. The zero-order chi connectivity index (χ0) is 8.97. The van der Waals surface area contributed by atoms with Crippen molar-refractivity contribution in [2.24, 2.45) is 11.8 Å². The minimum atomic E-state index is 0.498. The fourth-order valence-electron chi connectivity index (χ4n) is 1.72. The topological polar surface area (TPSA) is 9.23 Å². The van der Waals surface area contributed by atoms with Gasteiger partial charge in [0, 0.05) is 0 Å². The average molecular weight is 188 g/mol. The summed E-state index contributed by atoms with van der Waals surface area (Å²) in [6, 6.07) is 0. The molecule has 0 saturated carbocycles. The average Bonchev–Trinajstić information content (AvgIpc) is 2.06. The van der Waals surface area contributed by atoms with Crippen LogP contribution in [-0.2, 0) is 4.74 Å². The van der Waals surface area contributed by atoms with Crippen molar-refractivity contribution in [3.8, 4) is 0 Å². The molecule has 12 heavy (non-hydrogen) atoms. The highest BCUT2D eigenvalue weighted by Crippen LogP contribution is 2.26. The minimum Gasteiger partial charge on any atom is -0.378 e. The van der Waals surface area contributed by atoms with E-state index in [0.29, 0.717) is 6.10 Å². The maximum absolute atomic E-state index is 5.74. The van der Waals surface area contributed by atoms with Crippen molar-refractivity contribution >= 4 is 12.6 Å². The predicted molar refractivity (Wildman–Crippen MR) is 55.8 cm³/mol. The zero-order valence-corrected chi connectivity index (χ0v) is 9.02. The van der Waals surface area contributed by atoms with E-state index in [4.69, 9.17) is 4.74 Å². The maximum atomic E-state index is 5.74. The SMILES string of the molecule is CC(C)C1CCC(CCS)OC1. The van der Waals surface area contributed by atoms with Gasteiger partial charge in [-0.2, -0.15) is 12.6 Å². The standard InChI is InChI=1S/C10H20OS/c1-8(2)9-3-4-10(5-6-12)11-7-9/h8-10,12H,3-7H2,1-2H3. The Morgan fingerprint density at radius 3 is 2.58 bits per heavy atom. The first-order valence-electron chi connectivity index (χ1n) is 4.96. The Bertz CT molecular complexity index is 117. The molecule has 0 aliphatic carbocycles. The third kappa shape index (κ3) is 2.98. The number of ether oxygens (including phenoxy) is 1. The molecule has 1 saturated heterocycles. The van der Waals surface area contributed by atoms with Gasteiger partial charge in [0.1, 0.15) is 0 Å². The lowest BCUT2D eigenvalue weighted by atomic mass is 9.88. The van der Waals surface area contributed by atoms with Gasteiger partial charge in [0.2, 0.25) is 0 Å². The summed E-state index contributed by atoms with van der Waals surface area (Å²) in [7, 11) is 0. The number of rotatable bonds is 3. The van der Waals surface area contributed by atoms with Crippen LogP contribution in [0.25, 0.3) is 0 Å². The molecule has 0 radical (unpaired) electrons. The van der Waals surface area contributed by atoms with E-state index in [2.05, 4.69) is 26.5 Å². The van der Waals surface area contributed by atoms with Gasteiger partial charge in [0.05, 0.1) is 12.7 Å². The van der Waals surface area contributed by atoms with Crippen LogP contribution in [-0.4, -0.2) is 18.5 Å².